The Labute approximate surface area is 113 Å². The van der Waals surface area contributed by atoms with Crippen molar-refractivity contribution in [2.24, 2.45) is 5.73 Å². The number of carbonyl (C=O) groups excluding carboxylic acids is 2. The molecule has 0 saturated heterocycles. The van der Waals surface area contributed by atoms with Crippen molar-refractivity contribution >= 4 is 29.0 Å². The fourth-order valence-corrected chi connectivity index (χ4v) is 1.73. The molecule has 0 aromatic heterocycles. The zero-order valence-electron chi connectivity index (χ0n) is 11.4. The van der Waals surface area contributed by atoms with Crippen LogP contribution in [-0.2, 0) is 9.59 Å². The Balaban J connectivity index is 4.50. The van der Waals surface area contributed by atoms with E-state index in [0.29, 0.717) is 13.1 Å². The fourth-order valence-electron chi connectivity index (χ4n) is 1.66. The quantitative estimate of drug-likeness (QED) is 0.489. The van der Waals surface area contributed by atoms with Gasteiger partial charge in [-0.15, -0.1) is 0 Å². The maximum absolute atomic E-state index is 11.9. The molecule has 7 heteroatoms. The Kier molecular flexibility index (Phi) is 7.45. The maximum atomic E-state index is 11.9. The molecule has 0 rings (SSSR count). The van der Waals surface area contributed by atoms with Gasteiger partial charge in [-0.3, -0.25) is 9.59 Å². The first kappa shape index (κ1) is 16.8. The molecule has 0 saturated carbocycles. The molecular formula is C11H22N4O2S. The average molecular weight is 274 g/mol. The third-order valence-corrected chi connectivity index (χ3v) is 2.52. The molecule has 0 aromatic carbocycles. The summed E-state index contributed by atoms with van der Waals surface area (Å²) in [6, 6.07) is -0.0342. The van der Waals surface area contributed by atoms with Crippen LogP contribution in [0.3, 0.4) is 0 Å². The first-order valence-electron chi connectivity index (χ1n) is 5.81. The van der Waals surface area contributed by atoms with Crippen LogP contribution in [-0.4, -0.2) is 66.4 Å². The Morgan fingerprint density at radius 1 is 1.39 bits per heavy atom. The molecule has 1 unspecified atom stereocenters. The summed E-state index contributed by atoms with van der Waals surface area (Å²) < 4.78 is 0. The second-order valence-electron chi connectivity index (χ2n) is 4.35. The monoisotopic (exact) mass is 274 g/mol. The third kappa shape index (κ3) is 5.92. The van der Waals surface area contributed by atoms with Gasteiger partial charge in [0.1, 0.15) is 0 Å². The van der Waals surface area contributed by atoms with Gasteiger partial charge in [-0.2, -0.15) is 0 Å². The van der Waals surface area contributed by atoms with Crippen LogP contribution >= 0.6 is 12.2 Å². The van der Waals surface area contributed by atoms with Gasteiger partial charge in [0.2, 0.25) is 0 Å². The van der Waals surface area contributed by atoms with E-state index in [9.17, 15) is 9.59 Å². The van der Waals surface area contributed by atoms with Crippen LogP contribution in [0, 0.1) is 0 Å². The summed E-state index contributed by atoms with van der Waals surface area (Å²) >= 11 is 4.63. The van der Waals surface area contributed by atoms with Crippen molar-refractivity contribution < 1.29 is 9.59 Å². The van der Waals surface area contributed by atoms with Crippen LogP contribution in [0.5, 0.6) is 0 Å². The normalized spacial score (nSPS) is 12.1. The van der Waals surface area contributed by atoms with Crippen LogP contribution in [0.15, 0.2) is 0 Å². The van der Waals surface area contributed by atoms with E-state index >= 15 is 0 Å². The van der Waals surface area contributed by atoms with Crippen molar-refractivity contribution in [1.82, 2.24) is 15.1 Å². The van der Waals surface area contributed by atoms with Crippen LogP contribution in [0.4, 0.5) is 0 Å². The summed E-state index contributed by atoms with van der Waals surface area (Å²) in [7, 11) is 3.84. The van der Waals surface area contributed by atoms with Gasteiger partial charge in [-0.05, 0) is 27.9 Å². The van der Waals surface area contributed by atoms with Crippen LogP contribution in [0.25, 0.3) is 0 Å². The molecule has 1 atom stereocenters. The lowest BCUT2D eigenvalue weighted by Crippen LogP contribution is -2.50. The van der Waals surface area contributed by atoms with E-state index in [1.54, 1.807) is 0 Å². The molecule has 0 fully saturated rings. The van der Waals surface area contributed by atoms with E-state index in [4.69, 9.17) is 5.73 Å². The van der Waals surface area contributed by atoms with E-state index < -0.39 is 11.8 Å². The van der Waals surface area contributed by atoms with Crippen molar-refractivity contribution in [1.29, 1.82) is 0 Å². The molecular weight excluding hydrogens is 252 g/mol. The zero-order valence-corrected chi connectivity index (χ0v) is 12.2. The lowest BCUT2D eigenvalue weighted by molar-refractivity contribution is -0.147. The van der Waals surface area contributed by atoms with Gasteiger partial charge >= 0.3 is 11.8 Å². The molecule has 6 nitrogen and oxygen atoms in total. The van der Waals surface area contributed by atoms with Crippen molar-refractivity contribution in [3.63, 3.8) is 0 Å². The maximum Gasteiger partial charge on any atom is 0.312 e. The lowest BCUT2D eigenvalue weighted by Gasteiger charge is -2.29. The first-order valence-corrected chi connectivity index (χ1v) is 6.22. The number of nitrogens with zero attached hydrogens (tertiary/aromatic N) is 2. The molecule has 0 aromatic rings. The number of amides is 2. The van der Waals surface area contributed by atoms with Gasteiger partial charge in [-0.25, -0.2) is 0 Å². The molecule has 18 heavy (non-hydrogen) atoms. The second kappa shape index (κ2) is 7.99. The van der Waals surface area contributed by atoms with Gasteiger partial charge in [-0.1, -0.05) is 12.2 Å². The van der Waals surface area contributed by atoms with E-state index in [1.807, 2.05) is 32.8 Å². The number of likely N-dealkylation sites (N-methyl/N-ethyl adjacent to an activating group) is 2. The third-order valence-electron chi connectivity index (χ3n) is 2.38. The van der Waals surface area contributed by atoms with Crippen LogP contribution < -0.4 is 11.1 Å². The molecule has 3 N–H and O–H groups in total. The smallest absolute Gasteiger partial charge is 0.312 e. The van der Waals surface area contributed by atoms with E-state index in [2.05, 4.69) is 17.5 Å². The van der Waals surface area contributed by atoms with Gasteiger partial charge in [0.05, 0.1) is 11.5 Å². The molecule has 0 spiro atoms. The summed E-state index contributed by atoms with van der Waals surface area (Å²) in [5.74, 6) is -1.22. The highest BCUT2D eigenvalue weighted by Crippen LogP contribution is 2.01. The summed E-state index contributed by atoms with van der Waals surface area (Å²) in [6.07, 6.45) is 0. The minimum atomic E-state index is -0.671. The van der Waals surface area contributed by atoms with Crippen molar-refractivity contribution in [3.05, 3.63) is 0 Å². The average Bonchev–Trinajstić information content (AvgIpc) is 2.25. The molecule has 104 valence electrons. The number of thiocarbonyl (C=S) groups is 1. The molecule has 0 bridgehead atoms. The molecule has 0 aliphatic carbocycles. The number of nitrogens with one attached hydrogen (secondary N) is 1. The number of rotatable bonds is 6. The zero-order chi connectivity index (χ0) is 14.3. The van der Waals surface area contributed by atoms with E-state index in [-0.39, 0.29) is 17.6 Å². The summed E-state index contributed by atoms with van der Waals surface area (Å²) in [4.78, 5) is 27.2. The van der Waals surface area contributed by atoms with Crippen LogP contribution in [0.2, 0.25) is 0 Å². The number of nitrogens with two attached hydrogens (primary N) is 1. The summed E-state index contributed by atoms with van der Waals surface area (Å²) in [5, 5.41) is 2.39. The van der Waals surface area contributed by atoms with Gasteiger partial charge in [0.15, 0.2) is 0 Å². The molecule has 0 radical (unpaired) electrons. The van der Waals surface area contributed by atoms with E-state index in [1.165, 1.54) is 4.90 Å². The Morgan fingerprint density at radius 3 is 2.33 bits per heavy atom. The van der Waals surface area contributed by atoms with E-state index in [0.717, 1.165) is 0 Å². The number of carbonyl (C=O) groups is 2. The number of hydrogen-bond acceptors (Lipinski definition) is 4. The van der Waals surface area contributed by atoms with Crippen molar-refractivity contribution in [2.75, 3.05) is 33.7 Å². The molecule has 0 heterocycles. The second-order valence-corrected chi connectivity index (χ2v) is 4.88. The standard InChI is InChI=1S/C11H22N4O2S/c1-5-15(8(2)7-14(3)4)11(17)10(16)13-6-9(12)18/h8H,5-7H2,1-4H3,(H2,12,18)(H,13,16). The molecule has 0 aliphatic rings. The van der Waals surface area contributed by atoms with Crippen molar-refractivity contribution in [3.8, 4) is 0 Å². The molecule has 2 amide bonds. The van der Waals surface area contributed by atoms with Gasteiger partial charge in [0.25, 0.3) is 0 Å². The van der Waals surface area contributed by atoms with Crippen molar-refractivity contribution in [2.45, 2.75) is 19.9 Å². The minimum absolute atomic E-state index is 0.0342. The Bertz CT molecular complexity index is 320. The summed E-state index contributed by atoms with van der Waals surface area (Å²) in [5.41, 5.74) is 5.26. The summed E-state index contributed by atoms with van der Waals surface area (Å²) in [6.45, 7) is 4.96. The topological polar surface area (TPSA) is 78.7 Å². The number of hydrogen-bond donors (Lipinski definition) is 2. The predicted molar refractivity (Wildman–Crippen MR) is 75.2 cm³/mol. The minimum Gasteiger partial charge on any atom is -0.392 e. The highest BCUT2D eigenvalue weighted by Gasteiger charge is 2.24. The first-order chi connectivity index (χ1) is 8.29. The highest BCUT2D eigenvalue weighted by molar-refractivity contribution is 7.80. The SMILES string of the molecule is CCN(C(=O)C(=O)NCC(N)=S)C(C)CN(C)C. The Hall–Kier alpha value is -1.21. The lowest BCUT2D eigenvalue weighted by atomic mass is 10.2. The Morgan fingerprint density at radius 2 is 1.94 bits per heavy atom. The van der Waals surface area contributed by atoms with Gasteiger partial charge < -0.3 is 20.9 Å². The van der Waals surface area contributed by atoms with Gasteiger partial charge in [0, 0.05) is 19.1 Å². The largest absolute Gasteiger partial charge is 0.392 e. The highest BCUT2D eigenvalue weighted by atomic mass is 32.1. The molecule has 0 aliphatic heterocycles. The van der Waals surface area contributed by atoms with Crippen LogP contribution in [0.1, 0.15) is 13.8 Å². The fraction of sp³-hybridized carbons (Fsp3) is 0.727. The predicted octanol–water partition coefficient (Wildman–Crippen LogP) is -0.813.